The zero-order chi connectivity index (χ0) is 19.4. The Labute approximate surface area is 167 Å². The Morgan fingerprint density at radius 3 is 2.33 bits per heavy atom. The maximum Gasteiger partial charge on any atom is 0.254 e. The van der Waals surface area contributed by atoms with E-state index < -0.39 is 0 Å². The van der Waals surface area contributed by atoms with E-state index >= 15 is 0 Å². The van der Waals surface area contributed by atoms with E-state index in [9.17, 15) is 4.79 Å². The highest BCUT2D eigenvalue weighted by Gasteiger charge is 2.18. The first-order valence-electron chi connectivity index (χ1n) is 9.54. The van der Waals surface area contributed by atoms with Crippen LogP contribution in [0.3, 0.4) is 0 Å². The lowest BCUT2D eigenvalue weighted by Gasteiger charge is -2.26. The molecule has 1 aliphatic rings. The zero-order valence-corrected chi connectivity index (χ0v) is 17.6. The molecule has 27 heavy (non-hydrogen) atoms. The number of carbonyl (C=O) groups is 1. The SMILES string of the molecule is Cc1cc(C(C)(C)C)ccc1SCc1ccc(C(=O)N2CCOCC2)cc1. The highest BCUT2D eigenvalue weighted by Crippen LogP contribution is 2.30. The minimum Gasteiger partial charge on any atom is -0.378 e. The van der Waals surface area contributed by atoms with Gasteiger partial charge < -0.3 is 9.64 Å². The summed E-state index contributed by atoms with van der Waals surface area (Å²) in [5.74, 6) is 1.01. The van der Waals surface area contributed by atoms with E-state index in [1.165, 1.54) is 21.6 Å². The van der Waals surface area contributed by atoms with Crippen LogP contribution in [-0.2, 0) is 15.9 Å². The van der Waals surface area contributed by atoms with Crippen LogP contribution >= 0.6 is 11.8 Å². The molecule has 1 amide bonds. The average Bonchev–Trinajstić information content (AvgIpc) is 2.67. The van der Waals surface area contributed by atoms with Gasteiger partial charge in [0, 0.05) is 29.3 Å². The second kappa shape index (κ2) is 8.49. The number of nitrogens with zero attached hydrogens (tertiary/aromatic N) is 1. The zero-order valence-electron chi connectivity index (χ0n) is 16.7. The summed E-state index contributed by atoms with van der Waals surface area (Å²) in [6.45, 7) is 11.5. The third kappa shape index (κ3) is 5.14. The van der Waals surface area contributed by atoms with Crippen molar-refractivity contribution in [2.45, 2.75) is 43.8 Å². The predicted molar refractivity (Wildman–Crippen MR) is 113 cm³/mol. The molecule has 0 unspecified atom stereocenters. The molecular formula is C23H29NO2S. The van der Waals surface area contributed by atoms with Crippen LogP contribution in [0.5, 0.6) is 0 Å². The lowest BCUT2D eigenvalue weighted by molar-refractivity contribution is 0.0303. The summed E-state index contributed by atoms with van der Waals surface area (Å²) in [5, 5.41) is 0. The molecule has 0 bridgehead atoms. The number of rotatable bonds is 4. The summed E-state index contributed by atoms with van der Waals surface area (Å²) in [6, 6.07) is 14.8. The van der Waals surface area contributed by atoms with E-state index in [4.69, 9.17) is 4.74 Å². The largest absolute Gasteiger partial charge is 0.378 e. The van der Waals surface area contributed by atoms with Crippen molar-refractivity contribution in [2.24, 2.45) is 0 Å². The lowest BCUT2D eigenvalue weighted by Crippen LogP contribution is -2.40. The van der Waals surface area contributed by atoms with Crippen LogP contribution in [0.1, 0.15) is 47.8 Å². The first-order valence-corrected chi connectivity index (χ1v) is 10.5. The van der Waals surface area contributed by atoms with Crippen molar-refractivity contribution in [3.63, 3.8) is 0 Å². The maximum atomic E-state index is 12.5. The average molecular weight is 384 g/mol. The smallest absolute Gasteiger partial charge is 0.254 e. The summed E-state index contributed by atoms with van der Waals surface area (Å²) in [6.07, 6.45) is 0. The highest BCUT2D eigenvalue weighted by molar-refractivity contribution is 7.98. The molecule has 0 N–H and O–H groups in total. The second-order valence-electron chi connectivity index (χ2n) is 8.12. The molecule has 4 heteroatoms. The fourth-order valence-electron chi connectivity index (χ4n) is 3.13. The molecule has 2 aromatic carbocycles. The number of benzene rings is 2. The van der Waals surface area contributed by atoms with Gasteiger partial charge in [0.15, 0.2) is 0 Å². The summed E-state index contributed by atoms with van der Waals surface area (Å²) in [4.78, 5) is 15.7. The van der Waals surface area contributed by atoms with Gasteiger partial charge in [-0.05, 0) is 47.2 Å². The first kappa shape index (κ1) is 20.0. The number of hydrogen-bond acceptors (Lipinski definition) is 3. The van der Waals surface area contributed by atoms with Gasteiger partial charge in [-0.3, -0.25) is 4.79 Å². The Bertz CT molecular complexity index is 787. The standard InChI is InChI=1S/C23H29NO2S/c1-17-15-20(23(2,3)4)9-10-21(17)27-16-18-5-7-19(8-6-18)22(25)24-11-13-26-14-12-24/h5-10,15H,11-14,16H2,1-4H3. The molecule has 1 heterocycles. The van der Waals surface area contributed by atoms with Crippen molar-refractivity contribution in [1.82, 2.24) is 4.90 Å². The van der Waals surface area contributed by atoms with Gasteiger partial charge in [-0.15, -0.1) is 11.8 Å². The topological polar surface area (TPSA) is 29.5 Å². The molecule has 1 aliphatic heterocycles. The number of carbonyl (C=O) groups excluding carboxylic acids is 1. The molecule has 0 saturated carbocycles. The van der Waals surface area contributed by atoms with Crippen molar-refractivity contribution >= 4 is 17.7 Å². The molecule has 3 nitrogen and oxygen atoms in total. The summed E-state index contributed by atoms with van der Waals surface area (Å²) < 4.78 is 5.32. The Kier molecular flexibility index (Phi) is 6.28. The van der Waals surface area contributed by atoms with Crippen molar-refractivity contribution in [3.8, 4) is 0 Å². The van der Waals surface area contributed by atoms with Gasteiger partial charge in [0.2, 0.25) is 0 Å². The number of thioether (sulfide) groups is 1. The van der Waals surface area contributed by atoms with Gasteiger partial charge in [-0.1, -0.05) is 45.0 Å². The third-order valence-corrected chi connectivity index (χ3v) is 6.18. The van der Waals surface area contributed by atoms with E-state index in [0.717, 1.165) is 11.3 Å². The van der Waals surface area contributed by atoms with Crippen LogP contribution in [0.2, 0.25) is 0 Å². The molecule has 2 aromatic rings. The van der Waals surface area contributed by atoms with Gasteiger partial charge >= 0.3 is 0 Å². The van der Waals surface area contributed by atoms with E-state index in [-0.39, 0.29) is 11.3 Å². The van der Waals surface area contributed by atoms with Crippen molar-refractivity contribution in [3.05, 3.63) is 64.7 Å². The van der Waals surface area contributed by atoms with Crippen molar-refractivity contribution in [1.29, 1.82) is 0 Å². The van der Waals surface area contributed by atoms with Crippen LogP contribution in [0.15, 0.2) is 47.4 Å². The van der Waals surface area contributed by atoms with E-state index in [0.29, 0.717) is 26.3 Å². The number of aryl methyl sites for hydroxylation is 1. The Hall–Kier alpha value is -1.78. The van der Waals surface area contributed by atoms with Gasteiger partial charge in [0.25, 0.3) is 5.91 Å². The summed E-state index contributed by atoms with van der Waals surface area (Å²) >= 11 is 1.85. The lowest BCUT2D eigenvalue weighted by atomic mass is 9.86. The molecule has 144 valence electrons. The number of amides is 1. The monoisotopic (exact) mass is 383 g/mol. The summed E-state index contributed by atoms with van der Waals surface area (Å²) in [7, 11) is 0. The predicted octanol–water partition coefficient (Wildman–Crippen LogP) is 5.06. The molecular weight excluding hydrogens is 354 g/mol. The number of ether oxygens (including phenoxy) is 1. The van der Waals surface area contributed by atoms with Gasteiger partial charge in [0.1, 0.15) is 0 Å². The van der Waals surface area contributed by atoms with Gasteiger partial charge in [-0.2, -0.15) is 0 Å². The van der Waals surface area contributed by atoms with Crippen LogP contribution in [0.25, 0.3) is 0 Å². The minimum absolute atomic E-state index is 0.103. The number of hydrogen-bond donors (Lipinski definition) is 0. The first-order chi connectivity index (χ1) is 12.8. The van der Waals surface area contributed by atoms with Gasteiger partial charge in [-0.25, -0.2) is 0 Å². The minimum atomic E-state index is 0.103. The molecule has 0 aromatic heterocycles. The third-order valence-electron chi connectivity index (χ3n) is 4.93. The molecule has 0 radical (unpaired) electrons. The van der Waals surface area contributed by atoms with Crippen molar-refractivity contribution < 1.29 is 9.53 Å². The molecule has 1 saturated heterocycles. The molecule has 3 rings (SSSR count). The maximum absolute atomic E-state index is 12.5. The Morgan fingerprint density at radius 2 is 1.74 bits per heavy atom. The van der Waals surface area contributed by atoms with Crippen LogP contribution in [0, 0.1) is 6.92 Å². The van der Waals surface area contributed by atoms with E-state index in [1.54, 1.807) is 0 Å². The summed E-state index contributed by atoms with van der Waals surface area (Å²) in [5.41, 5.74) is 4.87. The number of morpholine rings is 1. The quantitative estimate of drug-likeness (QED) is 0.692. The Morgan fingerprint density at radius 1 is 1.07 bits per heavy atom. The normalized spacial score (nSPS) is 15.0. The molecule has 0 atom stereocenters. The van der Waals surface area contributed by atoms with Crippen molar-refractivity contribution in [2.75, 3.05) is 26.3 Å². The van der Waals surface area contributed by atoms with Crippen LogP contribution < -0.4 is 0 Å². The van der Waals surface area contributed by atoms with E-state index in [2.05, 4.69) is 58.0 Å². The van der Waals surface area contributed by atoms with Crippen LogP contribution in [0.4, 0.5) is 0 Å². The molecule has 0 aliphatic carbocycles. The van der Waals surface area contributed by atoms with Gasteiger partial charge in [0.05, 0.1) is 13.2 Å². The second-order valence-corrected chi connectivity index (χ2v) is 9.14. The fourth-order valence-corrected chi connectivity index (χ4v) is 4.10. The molecule has 1 fully saturated rings. The fraction of sp³-hybridized carbons (Fsp3) is 0.435. The van der Waals surface area contributed by atoms with E-state index in [1.807, 2.05) is 28.8 Å². The van der Waals surface area contributed by atoms with Crippen LogP contribution in [-0.4, -0.2) is 37.1 Å². The highest BCUT2D eigenvalue weighted by atomic mass is 32.2. The molecule has 0 spiro atoms. The Balaban J connectivity index is 1.61.